The summed E-state index contributed by atoms with van der Waals surface area (Å²) in [6.07, 6.45) is 0.769. The summed E-state index contributed by atoms with van der Waals surface area (Å²) in [5.41, 5.74) is 3.24. The molecule has 0 radical (unpaired) electrons. The topological polar surface area (TPSA) is 30.7 Å². The largest absolute Gasteiger partial charge is 0.318 e. The Morgan fingerprint density at radius 3 is 2.80 bits per heavy atom. The molecule has 20 heavy (non-hydrogen) atoms. The second-order valence-electron chi connectivity index (χ2n) is 4.83. The van der Waals surface area contributed by atoms with Crippen molar-refractivity contribution in [1.29, 1.82) is 0 Å². The van der Waals surface area contributed by atoms with Gasteiger partial charge in [-0.25, -0.2) is 9.97 Å². The highest BCUT2D eigenvalue weighted by molar-refractivity contribution is 7.09. The minimum absolute atomic E-state index is 0.180. The average molecular weight is 306 g/mol. The molecular formula is C15H16ClN3S. The van der Waals surface area contributed by atoms with Crippen molar-refractivity contribution >= 4 is 34.0 Å². The number of nitrogens with zero attached hydrogens (tertiary/aromatic N) is 3. The van der Waals surface area contributed by atoms with Crippen LogP contribution >= 0.6 is 22.9 Å². The fraction of sp³-hybridized carbons (Fsp3) is 0.333. The quantitative estimate of drug-likeness (QED) is 0.677. The molecule has 0 amide bonds. The fourth-order valence-corrected chi connectivity index (χ4v) is 3.47. The van der Waals surface area contributed by atoms with Gasteiger partial charge in [0.2, 0.25) is 0 Å². The molecule has 0 fully saturated rings. The van der Waals surface area contributed by atoms with Gasteiger partial charge >= 0.3 is 0 Å². The highest BCUT2D eigenvalue weighted by Gasteiger charge is 2.18. The Balaban J connectivity index is 2.15. The summed E-state index contributed by atoms with van der Waals surface area (Å²) in [5, 5.41) is 3.20. The third-order valence-electron chi connectivity index (χ3n) is 3.37. The monoisotopic (exact) mass is 305 g/mol. The number of aryl methyl sites for hydroxylation is 2. The highest BCUT2D eigenvalue weighted by Crippen LogP contribution is 2.28. The van der Waals surface area contributed by atoms with Crippen molar-refractivity contribution in [2.24, 2.45) is 0 Å². The number of hydrogen-bond donors (Lipinski definition) is 0. The van der Waals surface area contributed by atoms with Crippen LogP contribution in [-0.4, -0.2) is 20.4 Å². The van der Waals surface area contributed by atoms with Crippen LogP contribution in [0.1, 0.15) is 29.5 Å². The smallest absolute Gasteiger partial charge is 0.116 e. The summed E-state index contributed by atoms with van der Waals surface area (Å²) in [7, 11) is 0. The van der Waals surface area contributed by atoms with Gasteiger partial charge in [-0.15, -0.1) is 22.9 Å². The lowest BCUT2D eigenvalue weighted by Crippen LogP contribution is -2.11. The van der Waals surface area contributed by atoms with E-state index in [0.29, 0.717) is 5.88 Å². The van der Waals surface area contributed by atoms with Crippen LogP contribution in [0.4, 0.5) is 0 Å². The van der Waals surface area contributed by atoms with Gasteiger partial charge in [-0.05, 0) is 26.0 Å². The van der Waals surface area contributed by atoms with Crippen molar-refractivity contribution in [3.05, 3.63) is 46.2 Å². The van der Waals surface area contributed by atoms with Crippen LogP contribution < -0.4 is 0 Å². The molecule has 0 bridgehead atoms. The molecule has 1 atom stereocenters. The number of alkyl halides is 1. The van der Waals surface area contributed by atoms with E-state index in [2.05, 4.69) is 27.9 Å². The van der Waals surface area contributed by atoms with Crippen molar-refractivity contribution in [2.45, 2.75) is 26.3 Å². The summed E-state index contributed by atoms with van der Waals surface area (Å²) in [6, 6.07) is 8.40. The van der Waals surface area contributed by atoms with Crippen LogP contribution in [-0.2, 0) is 6.42 Å². The van der Waals surface area contributed by atoms with E-state index in [1.807, 2.05) is 25.1 Å². The number of rotatable bonds is 4. The predicted molar refractivity (Wildman–Crippen MR) is 84.8 cm³/mol. The van der Waals surface area contributed by atoms with E-state index in [9.17, 15) is 0 Å². The molecule has 104 valence electrons. The molecule has 1 unspecified atom stereocenters. The molecule has 0 aliphatic heterocycles. The maximum Gasteiger partial charge on any atom is 0.116 e. The number of thiazole rings is 1. The van der Waals surface area contributed by atoms with E-state index >= 15 is 0 Å². The zero-order valence-corrected chi connectivity index (χ0v) is 13.1. The van der Waals surface area contributed by atoms with Gasteiger partial charge < -0.3 is 4.57 Å². The molecule has 3 nitrogen and oxygen atoms in total. The van der Waals surface area contributed by atoms with Crippen molar-refractivity contribution in [3.63, 3.8) is 0 Å². The zero-order chi connectivity index (χ0) is 14.1. The highest BCUT2D eigenvalue weighted by atomic mass is 35.5. The third-order valence-corrected chi connectivity index (χ3v) is 4.69. The van der Waals surface area contributed by atoms with Crippen LogP contribution in [0.5, 0.6) is 0 Å². The number of hydrogen-bond acceptors (Lipinski definition) is 3. The minimum atomic E-state index is 0.180. The number of para-hydroxylation sites is 2. The Bertz CT molecular complexity index is 732. The molecule has 0 N–H and O–H groups in total. The molecule has 2 heterocycles. The Morgan fingerprint density at radius 1 is 1.30 bits per heavy atom. The summed E-state index contributed by atoms with van der Waals surface area (Å²) in [4.78, 5) is 9.32. The number of halogens is 1. The van der Waals surface area contributed by atoms with Gasteiger partial charge in [0, 0.05) is 23.4 Å². The first-order valence-corrected chi connectivity index (χ1v) is 8.06. The number of fused-ring (bicyclic) bond motifs is 1. The zero-order valence-electron chi connectivity index (χ0n) is 11.5. The van der Waals surface area contributed by atoms with Crippen molar-refractivity contribution in [1.82, 2.24) is 14.5 Å². The Morgan fingerprint density at radius 2 is 2.10 bits per heavy atom. The third kappa shape index (κ3) is 2.34. The van der Waals surface area contributed by atoms with Gasteiger partial charge in [0.05, 0.1) is 17.1 Å². The molecule has 3 rings (SSSR count). The summed E-state index contributed by atoms with van der Waals surface area (Å²) in [5.74, 6) is 1.61. The van der Waals surface area contributed by atoms with Gasteiger partial charge in [0.15, 0.2) is 0 Å². The number of benzene rings is 1. The number of aromatic nitrogens is 3. The van der Waals surface area contributed by atoms with Crippen molar-refractivity contribution < 1.29 is 0 Å². The Hall–Kier alpha value is -1.39. The predicted octanol–water partition coefficient (Wildman–Crippen LogP) is 4.19. The maximum atomic E-state index is 5.92. The second kappa shape index (κ2) is 5.54. The first kappa shape index (κ1) is 13.6. The molecule has 1 aromatic carbocycles. The number of imidazole rings is 1. The molecule has 0 saturated carbocycles. The van der Waals surface area contributed by atoms with E-state index in [-0.39, 0.29) is 6.04 Å². The van der Waals surface area contributed by atoms with Crippen LogP contribution in [0, 0.1) is 6.92 Å². The molecular weight excluding hydrogens is 290 g/mol. The van der Waals surface area contributed by atoms with Crippen LogP contribution in [0.25, 0.3) is 11.0 Å². The van der Waals surface area contributed by atoms with Gasteiger partial charge in [0.25, 0.3) is 0 Å². The first-order valence-electron chi connectivity index (χ1n) is 6.64. The Labute approximate surface area is 127 Å². The van der Waals surface area contributed by atoms with E-state index in [1.165, 1.54) is 0 Å². The fourth-order valence-electron chi connectivity index (χ4n) is 2.46. The van der Waals surface area contributed by atoms with Gasteiger partial charge in [0.1, 0.15) is 10.8 Å². The lowest BCUT2D eigenvalue weighted by Gasteiger charge is -2.15. The SMILES string of the molecule is Cc1csc(C(C)n2c(CCCl)nc3ccccc32)n1. The van der Waals surface area contributed by atoms with Crippen LogP contribution in [0.3, 0.4) is 0 Å². The first-order chi connectivity index (χ1) is 9.70. The van der Waals surface area contributed by atoms with Gasteiger partial charge in [-0.2, -0.15) is 0 Å². The molecule has 3 aromatic rings. The molecule has 0 saturated heterocycles. The lowest BCUT2D eigenvalue weighted by molar-refractivity contribution is 0.619. The Kier molecular flexibility index (Phi) is 3.76. The second-order valence-corrected chi connectivity index (χ2v) is 6.10. The van der Waals surface area contributed by atoms with Crippen molar-refractivity contribution in [3.8, 4) is 0 Å². The van der Waals surface area contributed by atoms with Crippen LogP contribution in [0.15, 0.2) is 29.6 Å². The standard InChI is InChI=1S/C15H16ClN3S/c1-10-9-20-15(17-10)11(2)19-13-6-4-3-5-12(13)18-14(19)7-8-16/h3-6,9,11H,7-8H2,1-2H3. The summed E-state index contributed by atoms with van der Waals surface area (Å²) < 4.78 is 2.26. The van der Waals surface area contributed by atoms with Crippen LogP contribution in [0.2, 0.25) is 0 Å². The maximum absolute atomic E-state index is 5.92. The average Bonchev–Trinajstić information content (AvgIpc) is 3.02. The van der Waals surface area contributed by atoms with E-state index in [1.54, 1.807) is 11.3 Å². The normalized spacial score (nSPS) is 12.9. The molecule has 0 aliphatic rings. The summed E-state index contributed by atoms with van der Waals surface area (Å²) >= 11 is 7.62. The minimum Gasteiger partial charge on any atom is -0.318 e. The lowest BCUT2D eigenvalue weighted by atomic mass is 10.2. The summed E-state index contributed by atoms with van der Waals surface area (Å²) in [6.45, 7) is 4.20. The van der Waals surface area contributed by atoms with E-state index in [4.69, 9.17) is 16.6 Å². The molecule has 2 aromatic heterocycles. The molecule has 5 heteroatoms. The van der Waals surface area contributed by atoms with E-state index < -0.39 is 0 Å². The van der Waals surface area contributed by atoms with E-state index in [0.717, 1.165) is 34.0 Å². The van der Waals surface area contributed by atoms with Crippen molar-refractivity contribution in [2.75, 3.05) is 5.88 Å². The van der Waals surface area contributed by atoms with Gasteiger partial charge in [-0.1, -0.05) is 12.1 Å². The molecule has 0 aliphatic carbocycles. The van der Waals surface area contributed by atoms with Gasteiger partial charge in [-0.3, -0.25) is 0 Å². The molecule has 0 spiro atoms.